The Morgan fingerprint density at radius 2 is 2.04 bits per heavy atom. The number of carbonyl (C=O) groups is 1. The van der Waals surface area contributed by atoms with E-state index in [0.29, 0.717) is 36.9 Å². The number of nitrogens with one attached hydrogen (secondary N) is 1. The number of halogens is 3. The molecular weight excluding hydrogens is 353 g/mol. The summed E-state index contributed by atoms with van der Waals surface area (Å²) in [6.45, 7) is 3.02. The Morgan fingerprint density at radius 1 is 1.32 bits per heavy atom. The van der Waals surface area contributed by atoms with Gasteiger partial charge in [0.15, 0.2) is 5.13 Å². The number of hydrogen-bond acceptors (Lipinski definition) is 5. The summed E-state index contributed by atoms with van der Waals surface area (Å²) in [7, 11) is 0. The molecule has 0 atom stereocenters. The molecule has 2 aromatic rings. The van der Waals surface area contributed by atoms with Crippen molar-refractivity contribution in [2.24, 2.45) is 5.92 Å². The van der Waals surface area contributed by atoms with Crippen molar-refractivity contribution in [2.45, 2.75) is 25.9 Å². The molecule has 3 rings (SSSR count). The van der Waals surface area contributed by atoms with Crippen LogP contribution in [0, 0.1) is 12.8 Å². The van der Waals surface area contributed by atoms with Crippen LogP contribution in [0.15, 0.2) is 23.7 Å². The lowest BCUT2D eigenvalue weighted by Gasteiger charge is -2.32. The molecule has 1 N–H and O–H groups in total. The fourth-order valence-corrected chi connectivity index (χ4v) is 3.42. The predicted octanol–water partition coefficient (Wildman–Crippen LogP) is 3.72. The van der Waals surface area contributed by atoms with Gasteiger partial charge in [-0.15, -0.1) is 11.3 Å². The Bertz CT molecular complexity index is 737. The number of carbonyl (C=O) groups excluding carboxylic acids is 1. The standard InChI is InChI=1S/C16H17F3N4OS/c1-10-9-25-15(21-10)22-14(24)11-4-6-23(7-5-11)13-3-2-12(8-20-13)16(17,18)19/h2-3,8-9,11H,4-7H2,1H3,(H,21,22,24). The van der Waals surface area contributed by atoms with Crippen LogP contribution in [0.5, 0.6) is 0 Å². The van der Waals surface area contributed by atoms with Crippen LogP contribution in [-0.2, 0) is 11.0 Å². The van der Waals surface area contributed by atoms with Gasteiger partial charge in [0.1, 0.15) is 5.82 Å². The second-order valence-corrected chi connectivity index (χ2v) is 6.81. The predicted molar refractivity (Wildman–Crippen MR) is 89.7 cm³/mol. The minimum atomic E-state index is -4.38. The summed E-state index contributed by atoms with van der Waals surface area (Å²) < 4.78 is 37.7. The van der Waals surface area contributed by atoms with Gasteiger partial charge in [-0.25, -0.2) is 9.97 Å². The summed E-state index contributed by atoms with van der Waals surface area (Å²) in [6, 6.07) is 2.41. The first-order chi connectivity index (χ1) is 11.8. The number of pyridine rings is 1. The highest BCUT2D eigenvalue weighted by molar-refractivity contribution is 7.13. The quantitative estimate of drug-likeness (QED) is 0.895. The fraction of sp³-hybridized carbons (Fsp3) is 0.438. The van der Waals surface area contributed by atoms with E-state index in [1.165, 1.54) is 17.4 Å². The van der Waals surface area contributed by atoms with Crippen LogP contribution in [0.4, 0.5) is 24.1 Å². The Morgan fingerprint density at radius 3 is 2.56 bits per heavy atom. The Labute approximate surface area is 146 Å². The lowest BCUT2D eigenvalue weighted by Crippen LogP contribution is -2.38. The first-order valence-electron chi connectivity index (χ1n) is 7.84. The monoisotopic (exact) mass is 370 g/mol. The molecule has 134 valence electrons. The van der Waals surface area contributed by atoms with Crippen LogP contribution in [-0.4, -0.2) is 29.0 Å². The molecule has 0 bridgehead atoms. The molecule has 1 amide bonds. The molecule has 0 aromatic carbocycles. The van der Waals surface area contributed by atoms with Crippen LogP contribution in [0.2, 0.25) is 0 Å². The van der Waals surface area contributed by atoms with Crippen LogP contribution in [0.25, 0.3) is 0 Å². The number of nitrogens with zero attached hydrogens (tertiary/aromatic N) is 3. The van der Waals surface area contributed by atoms with Crippen molar-refractivity contribution in [3.63, 3.8) is 0 Å². The Hall–Kier alpha value is -2.16. The van der Waals surface area contributed by atoms with E-state index in [9.17, 15) is 18.0 Å². The molecule has 0 aliphatic carbocycles. The minimum absolute atomic E-state index is 0.0608. The molecule has 9 heteroatoms. The number of piperidine rings is 1. The fourth-order valence-electron chi connectivity index (χ4n) is 2.73. The van der Waals surface area contributed by atoms with Crippen molar-refractivity contribution < 1.29 is 18.0 Å². The normalized spacial score (nSPS) is 16.1. The largest absolute Gasteiger partial charge is 0.417 e. The van der Waals surface area contributed by atoms with Crippen molar-refractivity contribution >= 4 is 28.2 Å². The third-order valence-corrected chi connectivity index (χ3v) is 4.99. The molecule has 5 nitrogen and oxygen atoms in total. The summed E-state index contributed by atoms with van der Waals surface area (Å²) in [6.07, 6.45) is -2.29. The zero-order chi connectivity index (χ0) is 18.0. The Balaban J connectivity index is 1.55. The van der Waals surface area contributed by atoms with Gasteiger partial charge in [0.05, 0.1) is 11.3 Å². The maximum atomic E-state index is 12.6. The summed E-state index contributed by atoms with van der Waals surface area (Å²) >= 11 is 1.39. The van der Waals surface area contributed by atoms with Gasteiger partial charge in [0.25, 0.3) is 0 Å². The molecule has 0 spiro atoms. The third-order valence-electron chi connectivity index (χ3n) is 4.11. The van der Waals surface area contributed by atoms with Crippen molar-refractivity contribution in [3.8, 4) is 0 Å². The number of aryl methyl sites for hydroxylation is 1. The van der Waals surface area contributed by atoms with Gasteiger partial charge in [0.2, 0.25) is 5.91 Å². The maximum Gasteiger partial charge on any atom is 0.417 e. The first-order valence-corrected chi connectivity index (χ1v) is 8.72. The van der Waals surface area contributed by atoms with E-state index in [0.717, 1.165) is 18.0 Å². The molecular formula is C16H17F3N4OS. The number of rotatable bonds is 3. The van der Waals surface area contributed by atoms with E-state index in [-0.39, 0.29) is 11.8 Å². The molecule has 1 saturated heterocycles. The second-order valence-electron chi connectivity index (χ2n) is 5.95. The molecule has 1 aliphatic rings. The number of aromatic nitrogens is 2. The summed E-state index contributed by atoms with van der Waals surface area (Å²) in [4.78, 5) is 22.3. The highest BCUT2D eigenvalue weighted by atomic mass is 32.1. The number of anilines is 2. The van der Waals surface area contributed by atoms with E-state index < -0.39 is 11.7 Å². The van der Waals surface area contributed by atoms with Crippen LogP contribution < -0.4 is 10.2 Å². The number of thiazole rings is 1. The van der Waals surface area contributed by atoms with E-state index in [2.05, 4.69) is 15.3 Å². The van der Waals surface area contributed by atoms with Gasteiger partial charge in [0, 0.05) is 30.6 Å². The highest BCUT2D eigenvalue weighted by Crippen LogP contribution is 2.30. The van der Waals surface area contributed by atoms with Gasteiger partial charge in [-0.1, -0.05) is 0 Å². The van der Waals surface area contributed by atoms with E-state index >= 15 is 0 Å². The second kappa shape index (κ2) is 6.99. The molecule has 0 unspecified atom stereocenters. The van der Waals surface area contributed by atoms with Crippen molar-refractivity contribution in [2.75, 3.05) is 23.3 Å². The topological polar surface area (TPSA) is 58.1 Å². The van der Waals surface area contributed by atoms with Crippen LogP contribution in [0.3, 0.4) is 0 Å². The van der Waals surface area contributed by atoms with Crippen LogP contribution in [0.1, 0.15) is 24.1 Å². The molecule has 0 saturated carbocycles. The van der Waals surface area contributed by atoms with E-state index in [1.54, 1.807) is 0 Å². The van der Waals surface area contributed by atoms with Gasteiger partial charge in [-0.3, -0.25) is 4.79 Å². The average molecular weight is 370 g/mol. The van der Waals surface area contributed by atoms with Crippen LogP contribution >= 0.6 is 11.3 Å². The maximum absolute atomic E-state index is 12.6. The van der Waals surface area contributed by atoms with Gasteiger partial charge in [-0.05, 0) is 31.9 Å². The third kappa shape index (κ3) is 4.28. The summed E-state index contributed by atoms with van der Waals surface area (Å²) in [5.74, 6) is 0.312. The Kier molecular flexibility index (Phi) is 4.94. The molecule has 1 fully saturated rings. The lowest BCUT2D eigenvalue weighted by molar-refractivity contribution is -0.137. The van der Waals surface area contributed by atoms with Gasteiger partial charge >= 0.3 is 6.18 Å². The lowest BCUT2D eigenvalue weighted by atomic mass is 9.96. The van der Waals surface area contributed by atoms with Crippen molar-refractivity contribution in [1.29, 1.82) is 0 Å². The van der Waals surface area contributed by atoms with E-state index in [1.807, 2.05) is 17.2 Å². The van der Waals surface area contributed by atoms with E-state index in [4.69, 9.17) is 0 Å². The van der Waals surface area contributed by atoms with Gasteiger partial charge in [-0.2, -0.15) is 13.2 Å². The molecule has 2 aromatic heterocycles. The molecule has 1 aliphatic heterocycles. The zero-order valence-corrected chi connectivity index (χ0v) is 14.3. The average Bonchev–Trinajstić information content (AvgIpc) is 2.99. The SMILES string of the molecule is Cc1csc(NC(=O)C2CCN(c3ccc(C(F)(F)F)cn3)CC2)n1. The first kappa shape index (κ1) is 17.7. The molecule has 3 heterocycles. The zero-order valence-electron chi connectivity index (χ0n) is 13.5. The van der Waals surface area contributed by atoms with Crippen molar-refractivity contribution in [1.82, 2.24) is 9.97 Å². The minimum Gasteiger partial charge on any atom is -0.357 e. The molecule has 0 radical (unpaired) electrons. The van der Waals surface area contributed by atoms with Crippen molar-refractivity contribution in [3.05, 3.63) is 35.0 Å². The molecule has 25 heavy (non-hydrogen) atoms. The number of alkyl halides is 3. The number of amides is 1. The van der Waals surface area contributed by atoms with Gasteiger partial charge < -0.3 is 10.2 Å². The number of hydrogen-bond donors (Lipinski definition) is 1. The smallest absolute Gasteiger partial charge is 0.357 e. The summed E-state index contributed by atoms with van der Waals surface area (Å²) in [5, 5.41) is 5.28. The highest BCUT2D eigenvalue weighted by Gasteiger charge is 2.31. The summed E-state index contributed by atoms with van der Waals surface area (Å²) in [5.41, 5.74) is 0.104.